The van der Waals surface area contributed by atoms with Gasteiger partial charge in [-0.1, -0.05) is 40.2 Å². The predicted molar refractivity (Wildman–Crippen MR) is 72.0 cm³/mol. The van der Waals surface area contributed by atoms with Crippen LogP contribution in [0.5, 0.6) is 0 Å². The molecule has 2 heterocycles. The van der Waals surface area contributed by atoms with Crippen LogP contribution in [0.25, 0.3) is 22.4 Å². The van der Waals surface area contributed by atoms with Gasteiger partial charge in [0, 0.05) is 10.0 Å². The van der Waals surface area contributed by atoms with Crippen LogP contribution in [0, 0.1) is 0 Å². The summed E-state index contributed by atoms with van der Waals surface area (Å²) in [5, 5.41) is 0. The number of hydrogen-bond acceptors (Lipinski definition) is 1. The van der Waals surface area contributed by atoms with E-state index in [0.717, 1.165) is 22.4 Å². The van der Waals surface area contributed by atoms with Crippen molar-refractivity contribution in [1.29, 1.82) is 0 Å². The molecule has 2 nitrogen and oxygen atoms in total. The minimum atomic E-state index is 0.929. The van der Waals surface area contributed by atoms with Crippen LogP contribution in [-0.4, -0.2) is 9.55 Å². The second-order valence-electron chi connectivity index (χ2n) is 4.31. The molecule has 1 aliphatic heterocycles. The molecule has 0 spiro atoms. The summed E-state index contributed by atoms with van der Waals surface area (Å²) in [5.74, 6) is 1.09. The summed E-state index contributed by atoms with van der Waals surface area (Å²) in [7, 11) is 0. The standard InChI is InChI=1S/C14H9BrN2/c15-10-5-6-12-13(7-10)17-8-9-3-1-2-4-11(9)14(17)16-12/h1-7H,8H2. The molecule has 0 atom stereocenters. The second kappa shape index (κ2) is 3.20. The molecule has 0 fully saturated rings. The second-order valence-corrected chi connectivity index (χ2v) is 5.23. The number of hydrogen-bond donors (Lipinski definition) is 0. The first-order chi connectivity index (χ1) is 8.33. The Morgan fingerprint density at radius 2 is 2.00 bits per heavy atom. The highest BCUT2D eigenvalue weighted by Crippen LogP contribution is 2.34. The van der Waals surface area contributed by atoms with Crippen molar-refractivity contribution in [3.05, 3.63) is 52.5 Å². The highest BCUT2D eigenvalue weighted by molar-refractivity contribution is 9.10. The maximum Gasteiger partial charge on any atom is 0.141 e. The molecule has 3 aromatic rings. The van der Waals surface area contributed by atoms with Gasteiger partial charge in [0.05, 0.1) is 17.6 Å². The van der Waals surface area contributed by atoms with Crippen LogP contribution in [0.2, 0.25) is 0 Å². The molecule has 0 saturated heterocycles. The molecule has 1 aliphatic rings. The Morgan fingerprint density at radius 1 is 1.12 bits per heavy atom. The molecule has 3 heteroatoms. The van der Waals surface area contributed by atoms with E-state index in [0.29, 0.717) is 0 Å². The van der Waals surface area contributed by atoms with Crippen LogP contribution in [0.15, 0.2) is 46.9 Å². The van der Waals surface area contributed by atoms with E-state index in [2.05, 4.69) is 56.9 Å². The lowest BCUT2D eigenvalue weighted by Gasteiger charge is -1.99. The van der Waals surface area contributed by atoms with E-state index in [1.54, 1.807) is 0 Å². The maximum absolute atomic E-state index is 4.72. The quantitative estimate of drug-likeness (QED) is 0.480. The zero-order valence-electron chi connectivity index (χ0n) is 9.02. The summed E-state index contributed by atoms with van der Waals surface area (Å²) in [6, 6.07) is 14.7. The first-order valence-electron chi connectivity index (χ1n) is 5.57. The summed E-state index contributed by atoms with van der Waals surface area (Å²) in [5.41, 5.74) is 4.89. The summed E-state index contributed by atoms with van der Waals surface area (Å²) in [6.07, 6.45) is 0. The Morgan fingerprint density at radius 3 is 2.94 bits per heavy atom. The zero-order chi connectivity index (χ0) is 11.4. The summed E-state index contributed by atoms with van der Waals surface area (Å²) in [6.45, 7) is 0.929. The van der Waals surface area contributed by atoms with Gasteiger partial charge in [0.25, 0.3) is 0 Å². The van der Waals surface area contributed by atoms with Crippen LogP contribution in [-0.2, 0) is 6.54 Å². The fourth-order valence-electron chi connectivity index (χ4n) is 2.51. The van der Waals surface area contributed by atoms with Crippen molar-refractivity contribution in [1.82, 2.24) is 9.55 Å². The van der Waals surface area contributed by atoms with Gasteiger partial charge >= 0.3 is 0 Å². The number of halogens is 1. The minimum absolute atomic E-state index is 0.929. The van der Waals surface area contributed by atoms with Gasteiger partial charge in [-0.3, -0.25) is 0 Å². The molecule has 2 aromatic carbocycles. The molecule has 0 saturated carbocycles. The average Bonchev–Trinajstić information content (AvgIpc) is 2.85. The van der Waals surface area contributed by atoms with Crippen molar-refractivity contribution in [3.63, 3.8) is 0 Å². The molecule has 0 amide bonds. The fourth-order valence-corrected chi connectivity index (χ4v) is 2.86. The smallest absolute Gasteiger partial charge is 0.141 e. The van der Waals surface area contributed by atoms with E-state index in [4.69, 9.17) is 4.98 Å². The Bertz CT molecular complexity index is 743. The molecule has 0 unspecified atom stereocenters. The molecule has 4 rings (SSSR count). The highest BCUT2D eigenvalue weighted by atomic mass is 79.9. The van der Waals surface area contributed by atoms with E-state index in [-0.39, 0.29) is 0 Å². The largest absolute Gasteiger partial charge is 0.319 e. The molecule has 0 N–H and O–H groups in total. The molecular formula is C14H9BrN2. The van der Waals surface area contributed by atoms with Gasteiger partial charge in [0.2, 0.25) is 0 Å². The molecule has 1 aromatic heterocycles. The average molecular weight is 285 g/mol. The van der Waals surface area contributed by atoms with Gasteiger partial charge in [-0.15, -0.1) is 0 Å². The van der Waals surface area contributed by atoms with Gasteiger partial charge < -0.3 is 4.57 Å². The lowest BCUT2D eigenvalue weighted by atomic mass is 10.1. The third-order valence-electron chi connectivity index (χ3n) is 3.30. The van der Waals surface area contributed by atoms with Gasteiger partial charge in [-0.25, -0.2) is 4.98 Å². The first-order valence-corrected chi connectivity index (χ1v) is 6.36. The van der Waals surface area contributed by atoms with E-state index in [9.17, 15) is 0 Å². The van der Waals surface area contributed by atoms with Gasteiger partial charge in [0.1, 0.15) is 5.82 Å². The van der Waals surface area contributed by atoms with Crippen molar-refractivity contribution >= 4 is 27.0 Å². The third kappa shape index (κ3) is 1.23. The Kier molecular flexibility index (Phi) is 1.77. The lowest BCUT2D eigenvalue weighted by molar-refractivity contribution is 0.878. The molecule has 0 radical (unpaired) electrons. The minimum Gasteiger partial charge on any atom is -0.319 e. The summed E-state index contributed by atoms with van der Waals surface area (Å²) in [4.78, 5) is 4.72. The van der Waals surface area contributed by atoms with E-state index < -0.39 is 0 Å². The van der Waals surface area contributed by atoms with Crippen molar-refractivity contribution in [2.45, 2.75) is 6.54 Å². The Hall–Kier alpha value is -1.61. The number of aromatic nitrogens is 2. The Labute approximate surface area is 107 Å². The van der Waals surface area contributed by atoms with Crippen LogP contribution in [0.1, 0.15) is 5.56 Å². The molecular weight excluding hydrogens is 276 g/mol. The number of fused-ring (bicyclic) bond motifs is 5. The summed E-state index contributed by atoms with van der Waals surface area (Å²) >= 11 is 3.52. The van der Waals surface area contributed by atoms with Gasteiger partial charge in [-0.05, 0) is 23.8 Å². The number of rotatable bonds is 0. The number of benzene rings is 2. The van der Waals surface area contributed by atoms with Crippen molar-refractivity contribution in [2.75, 3.05) is 0 Å². The van der Waals surface area contributed by atoms with Gasteiger partial charge in [-0.2, -0.15) is 0 Å². The van der Waals surface area contributed by atoms with Crippen LogP contribution < -0.4 is 0 Å². The third-order valence-corrected chi connectivity index (χ3v) is 3.79. The van der Waals surface area contributed by atoms with Crippen LogP contribution in [0.3, 0.4) is 0 Å². The monoisotopic (exact) mass is 284 g/mol. The SMILES string of the molecule is Brc1ccc2nc3n(c2c1)Cc1ccccc1-3. The molecule has 17 heavy (non-hydrogen) atoms. The highest BCUT2D eigenvalue weighted by Gasteiger charge is 2.21. The molecule has 0 bridgehead atoms. The normalized spacial score (nSPS) is 12.8. The Balaban J connectivity index is 2.09. The van der Waals surface area contributed by atoms with Crippen molar-refractivity contribution in [2.24, 2.45) is 0 Å². The molecule has 0 aliphatic carbocycles. The van der Waals surface area contributed by atoms with E-state index in [1.807, 2.05) is 6.07 Å². The zero-order valence-corrected chi connectivity index (χ0v) is 10.6. The predicted octanol–water partition coefficient (Wildman–Crippen LogP) is 3.83. The van der Waals surface area contributed by atoms with Gasteiger partial charge in [0.15, 0.2) is 0 Å². The van der Waals surface area contributed by atoms with E-state index >= 15 is 0 Å². The van der Waals surface area contributed by atoms with Crippen molar-refractivity contribution in [3.8, 4) is 11.4 Å². The first kappa shape index (κ1) is 9.42. The topological polar surface area (TPSA) is 17.8 Å². The molecule has 82 valence electrons. The lowest BCUT2D eigenvalue weighted by Crippen LogP contribution is -1.91. The summed E-state index contributed by atoms with van der Waals surface area (Å²) < 4.78 is 3.38. The van der Waals surface area contributed by atoms with Crippen LogP contribution >= 0.6 is 15.9 Å². The number of imidazole rings is 1. The number of nitrogens with zero attached hydrogens (tertiary/aromatic N) is 2. The van der Waals surface area contributed by atoms with Crippen LogP contribution in [0.4, 0.5) is 0 Å². The maximum atomic E-state index is 4.72. The fraction of sp³-hybridized carbons (Fsp3) is 0.0714. The van der Waals surface area contributed by atoms with E-state index in [1.165, 1.54) is 16.6 Å². The van der Waals surface area contributed by atoms with Crippen molar-refractivity contribution < 1.29 is 0 Å².